The normalized spacial score (nSPS) is 13.6. The SMILES string of the molecule is OC(CNCCCCC(F)(F)F)COCc1cccs1. The van der Waals surface area contributed by atoms with Crippen molar-refractivity contribution < 1.29 is 23.0 Å². The maximum absolute atomic E-state index is 11.9. The zero-order valence-corrected chi connectivity index (χ0v) is 12.0. The fourth-order valence-electron chi connectivity index (χ4n) is 1.59. The van der Waals surface area contributed by atoms with Gasteiger partial charge in [-0.1, -0.05) is 6.07 Å². The van der Waals surface area contributed by atoms with Gasteiger partial charge in [-0.05, 0) is 30.8 Å². The minimum atomic E-state index is -4.07. The molecule has 2 N–H and O–H groups in total. The summed E-state index contributed by atoms with van der Waals surface area (Å²) in [5.74, 6) is 0. The lowest BCUT2D eigenvalue weighted by atomic mass is 10.2. The predicted octanol–water partition coefficient (Wildman–Crippen LogP) is 2.95. The Morgan fingerprint density at radius 3 is 2.80 bits per heavy atom. The second-order valence-electron chi connectivity index (χ2n) is 4.52. The van der Waals surface area contributed by atoms with Gasteiger partial charge in [-0.25, -0.2) is 0 Å². The molecule has 0 saturated carbocycles. The van der Waals surface area contributed by atoms with E-state index in [-0.39, 0.29) is 13.0 Å². The number of hydrogen-bond donors (Lipinski definition) is 2. The molecule has 0 saturated heterocycles. The largest absolute Gasteiger partial charge is 0.389 e. The molecule has 7 heteroatoms. The lowest BCUT2D eigenvalue weighted by Gasteiger charge is -2.12. The first-order chi connectivity index (χ1) is 9.47. The van der Waals surface area contributed by atoms with Gasteiger partial charge in [0.25, 0.3) is 0 Å². The van der Waals surface area contributed by atoms with E-state index in [4.69, 9.17) is 4.74 Å². The first kappa shape index (κ1) is 17.4. The molecule has 0 aliphatic rings. The molecule has 0 aromatic carbocycles. The smallest absolute Gasteiger partial charge is 0.389 e. The summed E-state index contributed by atoms with van der Waals surface area (Å²) >= 11 is 1.59. The van der Waals surface area contributed by atoms with Gasteiger partial charge in [0.1, 0.15) is 0 Å². The van der Waals surface area contributed by atoms with Gasteiger partial charge in [-0.3, -0.25) is 0 Å². The lowest BCUT2D eigenvalue weighted by Crippen LogP contribution is -2.31. The Balaban J connectivity index is 1.91. The zero-order valence-electron chi connectivity index (χ0n) is 11.2. The average Bonchev–Trinajstić information content (AvgIpc) is 2.85. The van der Waals surface area contributed by atoms with Crippen molar-refractivity contribution in [3.63, 3.8) is 0 Å². The molecule has 1 atom stereocenters. The minimum Gasteiger partial charge on any atom is -0.389 e. The first-order valence-corrected chi connectivity index (χ1v) is 7.41. The highest BCUT2D eigenvalue weighted by molar-refractivity contribution is 7.09. The third-order valence-electron chi connectivity index (χ3n) is 2.58. The number of hydrogen-bond acceptors (Lipinski definition) is 4. The molecule has 0 radical (unpaired) electrons. The van der Waals surface area contributed by atoms with Crippen molar-refractivity contribution in [1.29, 1.82) is 0 Å². The van der Waals surface area contributed by atoms with Crippen LogP contribution in [-0.4, -0.2) is 37.1 Å². The molecule has 1 rings (SSSR count). The van der Waals surface area contributed by atoms with E-state index in [9.17, 15) is 18.3 Å². The van der Waals surface area contributed by atoms with E-state index in [0.29, 0.717) is 26.1 Å². The third kappa shape index (κ3) is 9.30. The zero-order chi connectivity index (χ0) is 14.8. The van der Waals surface area contributed by atoms with Crippen LogP contribution in [-0.2, 0) is 11.3 Å². The molecule has 116 valence electrons. The van der Waals surface area contributed by atoms with Crippen LogP contribution >= 0.6 is 11.3 Å². The van der Waals surface area contributed by atoms with E-state index in [2.05, 4.69) is 5.32 Å². The Morgan fingerprint density at radius 2 is 2.15 bits per heavy atom. The van der Waals surface area contributed by atoms with Crippen molar-refractivity contribution in [2.24, 2.45) is 0 Å². The second kappa shape index (κ2) is 9.33. The molecule has 0 aliphatic heterocycles. The molecule has 0 aliphatic carbocycles. The van der Waals surface area contributed by atoms with Crippen molar-refractivity contribution in [2.45, 2.75) is 38.1 Å². The number of halogens is 3. The van der Waals surface area contributed by atoms with Crippen LogP contribution in [0.1, 0.15) is 24.1 Å². The molecular weight excluding hydrogens is 291 g/mol. The van der Waals surface area contributed by atoms with E-state index in [1.807, 2.05) is 17.5 Å². The molecule has 20 heavy (non-hydrogen) atoms. The van der Waals surface area contributed by atoms with E-state index >= 15 is 0 Å². The van der Waals surface area contributed by atoms with Crippen molar-refractivity contribution in [3.8, 4) is 0 Å². The van der Waals surface area contributed by atoms with Crippen LogP contribution in [0.2, 0.25) is 0 Å². The van der Waals surface area contributed by atoms with Crippen LogP contribution in [0.4, 0.5) is 13.2 Å². The average molecular weight is 311 g/mol. The van der Waals surface area contributed by atoms with Crippen LogP contribution in [0.3, 0.4) is 0 Å². The van der Waals surface area contributed by atoms with Crippen molar-refractivity contribution in [2.75, 3.05) is 19.7 Å². The summed E-state index contributed by atoms with van der Waals surface area (Å²) in [6.07, 6.45) is -4.90. The van der Waals surface area contributed by atoms with Gasteiger partial charge in [-0.15, -0.1) is 11.3 Å². The van der Waals surface area contributed by atoms with Gasteiger partial charge < -0.3 is 15.2 Å². The van der Waals surface area contributed by atoms with E-state index in [0.717, 1.165) is 4.88 Å². The van der Waals surface area contributed by atoms with Gasteiger partial charge in [0.2, 0.25) is 0 Å². The molecule has 0 spiro atoms. The Bertz CT molecular complexity index is 344. The molecular formula is C13H20F3NO2S. The summed E-state index contributed by atoms with van der Waals surface area (Å²) < 4.78 is 41.0. The molecule has 1 heterocycles. The van der Waals surface area contributed by atoms with Gasteiger partial charge in [0.05, 0.1) is 19.3 Å². The Labute approximate surface area is 120 Å². The monoisotopic (exact) mass is 311 g/mol. The summed E-state index contributed by atoms with van der Waals surface area (Å²) in [6, 6.07) is 3.89. The molecule has 0 bridgehead atoms. The van der Waals surface area contributed by atoms with Gasteiger partial charge in [-0.2, -0.15) is 13.2 Å². The molecule has 0 amide bonds. The molecule has 0 fully saturated rings. The molecule has 1 unspecified atom stereocenters. The fraction of sp³-hybridized carbons (Fsp3) is 0.692. The quantitative estimate of drug-likeness (QED) is 0.653. The van der Waals surface area contributed by atoms with Crippen LogP contribution in [0.5, 0.6) is 0 Å². The number of aliphatic hydroxyl groups excluding tert-OH is 1. The van der Waals surface area contributed by atoms with E-state index in [1.165, 1.54) is 0 Å². The minimum absolute atomic E-state index is 0.113. The summed E-state index contributed by atoms with van der Waals surface area (Å²) in [6.45, 7) is 1.49. The maximum atomic E-state index is 11.9. The summed E-state index contributed by atoms with van der Waals surface area (Å²) in [5, 5.41) is 14.5. The molecule has 3 nitrogen and oxygen atoms in total. The van der Waals surface area contributed by atoms with Gasteiger partial charge in [0, 0.05) is 17.8 Å². The van der Waals surface area contributed by atoms with Crippen molar-refractivity contribution in [1.82, 2.24) is 5.32 Å². The lowest BCUT2D eigenvalue weighted by molar-refractivity contribution is -0.135. The number of thiophene rings is 1. The highest BCUT2D eigenvalue weighted by Gasteiger charge is 2.25. The number of ether oxygens (including phenoxy) is 1. The second-order valence-corrected chi connectivity index (χ2v) is 5.56. The Hall–Kier alpha value is -0.630. The van der Waals surface area contributed by atoms with Crippen LogP contribution in [0.25, 0.3) is 0 Å². The predicted molar refractivity (Wildman–Crippen MR) is 72.8 cm³/mol. The third-order valence-corrected chi connectivity index (χ3v) is 3.43. The summed E-state index contributed by atoms with van der Waals surface area (Å²) in [4.78, 5) is 1.09. The Morgan fingerprint density at radius 1 is 1.35 bits per heavy atom. The summed E-state index contributed by atoms with van der Waals surface area (Å²) in [7, 11) is 0. The first-order valence-electron chi connectivity index (χ1n) is 6.53. The number of alkyl halides is 3. The molecule has 1 aromatic rings. The molecule has 1 aromatic heterocycles. The highest BCUT2D eigenvalue weighted by Crippen LogP contribution is 2.21. The van der Waals surface area contributed by atoms with Crippen molar-refractivity contribution >= 4 is 11.3 Å². The fourth-order valence-corrected chi connectivity index (χ4v) is 2.23. The van der Waals surface area contributed by atoms with Crippen LogP contribution < -0.4 is 5.32 Å². The van der Waals surface area contributed by atoms with Gasteiger partial charge in [0.15, 0.2) is 0 Å². The standard InChI is InChI=1S/C13H20F3NO2S/c14-13(15,16)5-1-2-6-17-8-11(18)9-19-10-12-4-3-7-20-12/h3-4,7,11,17-18H,1-2,5-6,8-10H2. The number of nitrogens with one attached hydrogen (secondary N) is 1. The number of unbranched alkanes of at least 4 members (excludes halogenated alkanes) is 1. The maximum Gasteiger partial charge on any atom is 0.389 e. The Kier molecular flexibility index (Phi) is 8.13. The summed E-state index contributed by atoms with van der Waals surface area (Å²) in [5.41, 5.74) is 0. The van der Waals surface area contributed by atoms with Crippen molar-refractivity contribution in [3.05, 3.63) is 22.4 Å². The highest BCUT2D eigenvalue weighted by atomic mass is 32.1. The van der Waals surface area contributed by atoms with E-state index < -0.39 is 18.7 Å². The van der Waals surface area contributed by atoms with Gasteiger partial charge >= 0.3 is 6.18 Å². The van der Waals surface area contributed by atoms with E-state index in [1.54, 1.807) is 11.3 Å². The van der Waals surface area contributed by atoms with Crippen LogP contribution in [0, 0.1) is 0 Å². The van der Waals surface area contributed by atoms with Crippen LogP contribution in [0.15, 0.2) is 17.5 Å². The number of rotatable bonds is 10. The number of aliphatic hydroxyl groups is 1. The topological polar surface area (TPSA) is 41.5 Å².